The lowest BCUT2D eigenvalue weighted by Crippen LogP contribution is -2.59. The standard InChI is InChI=1S/C27H44O7/c1-14-21(29)22(30)23(31)24(33-14)34-17-7-10-25(3)16(13-17)5-6-18-19(25)8-11-26(4)20(18)9-12-27(26,32)15(2)28/h5-6,14-24,28-32H,7-13H2,1-4H3. The number of rotatable bonds is 3. The minimum Gasteiger partial charge on any atom is -0.390 e. The average Bonchev–Trinajstić information content (AvgIpc) is 3.08. The Morgan fingerprint density at radius 3 is 2.35 bits per heavy atom. The molecule has 3 saturated carbocycles. The predicted octanol–water partition coefficient (Wildman–Crippen LogP) is 2.13. The third kappa shape index (κ3) is 3.49. The molecule has 194 valence electrons. The molecule has 5 aliphatic rings. The van der Waals surface area contributed by atoms with Crippen molar-refractivity contribution in [1.82, 2.24) is 0 Å². The van der Waals surface area contributed by atoms with Crippen LogP contribution in [0.3, 0.4) is 0 Å². The Labute approximate surface area is 203 Å². The van der Waals surface area contributed by atoms with E-state index in [4.69, 9.17) is 9.47 Å². The fraction of sp³-hybridized carbons (Fsp3) is 0.926. The van der Waals surface area contributed by atoms with Crippen molar-refractivity contribution in [3.8, 4) is 0 Å². The van der Waals surface area contributed by atoms with Gasteiger partial charge in [0.1, 0.15) is 18.3 Å². The van der Waals surface area contributed by atoms with Gasteiger partial charge in [0.05, 0.1) is 23.9 Å². The van der Waals surface area contributed by atoms with Gasteiger partial charge in [-0.15, -0.1) is 0 Å². The molecule has 5 rings (SSSR count). The normalized spacial score (nSPS) is 58.0. The molecular formula is C27H44O7. The number of aliphatic hydroxyl groups excluding tert-OH is 4. The van der Waals surface area contributed by atoms with Crippen LogP contribution in [-0.2, 0) is 9.47 Å². The van der Waals surface area contributed by atoms with Crippen molar-refractivity contribution >= 4 is 0 Å². The number of hydrogen-bond donors (Lipinski definition) is 5. The van der Waals surface area contributed by atoms with Gasteiger partial charge in [-0.25, -0.2) is 0 Å². The highest BCUT2D eigenvalue weighted by molar-refractivity contribution is 5.21. The van der Waals surface area contributed by atoms with Gasteiger partial charge in [-0.3, -0.25) is 0 Å². The summed E-state index contributed by atoms with van der Waals surface area (Å²) in [5.74, 6) is 1.72. The molecule has 0 radical (unpaired) electrons. The second kappa shape index (κ2) is 8.51. The topological polar surface area (TPSA) is 120 Å². The monoisotopic (exact) mass is 480 g/mol. The molecule has 4 aliphatic carbocycles. The minimum atomic E-state index is -1.28. The van der Waals surface area contributed by atoms with Crippen LogP contribution in [0.2, 0.25) is 0 Å². The van der Waals surface area contributed by atoms with Gasteiger partial charge in [-0.1, -0.05) is 26.0 Å². The van der Waals surface area contributed by atoms with Gasteiger partial charge in [-0.2, -0.15) is 0 Å². The van der Waals surface area contributed by atoms with Crippen LogP contribution in [0, 0.1) is 34.5 Å². The van der Waals surface area contributed by atoms with Crippen LogP contribution in [0.25, 0.3) is 0 Å². The third-order valence-electron chi connectivity index (χ3n) is 11.2. The molecule has 1 saturated heterocycles. The average molecular weight is 481 g/mol. The van der Waals surface area contributed by atoms with Crippen LogP contribution in [0.5, 0.6) is 0 Å². The van der Waals surface area contributed by atoms with Crippen molar-refractivity contribution in [2.45, 2.75) is 121 Å². The van der Waals surface area contributed by atoms with Crippen molar-refractivity contribution in [2.24, 2.45) is 34.5 Å². The largest absolute Gasteiger partial charge is 0.390 e. The molecule has 14 unspecified atom stereocenters. The lowest BCUT2D eigenvalue weighted by Gasteiger charge is -2.60. The van der Waals surface area contributed by atoms with E-state index in [1.54, 1.807) is 13.8 Å². The first kappa shape index (κ1) is 25.1. The van der Waals surface area contributed by atoms with Crippen LogP contribution in [-0.4, -0.2) is 74.0 Å². The van der Waals surface area contributed by atoms with Gasteiger partial charge < -0.3 is 35.0 Å². The number of aliphatic hydroxyl groups is 5. The van der Waals surface area contributed by atoms with E-state index in [1.807, 2.05) is 0 Å². The smallest absolute Gasteiger partial charge is 0.186 e. The maximum atomic E-state index is 11.4. The molecule has 0 aromatic rings. The number of allylic oxidation sites excluding steroid dienone is 2. The molecule has 0 aromatic carbocycles. The second-order valence-electron chi connectivity index (χ2n) is 12.6. The lowest BCUT2D eigenvalue weighted by molar-refractivity contribution is -0.308. The Bertz CT molecular complexity index is 802. The fourth-order valence-corrected chi connectivity index (χ4v) is 8.76. The summed E-state index contributed by atoms with van der Waals surface area (Å²) in [5, 5.41) is 52.3. The molecule has 34 heavy (non-hydrogen) atoms. The van der Waals surface area contributed by atoms with E-state index in [-0.39, 0.29) is 16.9 Å². The highest BCUT2D eigenvalue weighted by Gasteiger charge is 2.65. The predicted molar refractivity (Wildman–Crippen MR) is 125 cm³/mol. The Balaban J connectivity index is 1.31. The molecule has 0 aromatic heterocycles. The molecular weight excluding hydrogens is 436 g/mol. The molecule has 0 bridgehead atoms. The molecule has 14 atom stereocenters. The summed E-state index contributed by atoms with van der Waals surface area (Å²) in [6.07, 6.45) is 5.10. The van der Waals surface area contributed by atoms with Crippen molar-refractivity contribution in [2.75, 3.05) is 0 Å². The zero-order valence-corrected chi connectivity index (χ0v) is 21.0. The highest BCUT2D eigenvalue weighted by atomic mass is 16.7. The van der Waals surface area contributed by atoms with Gasteiger partial charge in [0.25, 0.3) is 0 Å². The van der Waals surface area contributed by atoms with E-state index in [0.717, 1.165) is 38.5 Å². The Hall–Kier alpha value is -0.540. The van der Waals surface area contributed by atoms with Gasteiger partial charge in [0.15, 0.2) is 6.29 Å². The van der Waals surface area contributed by atoms with Crippen LogP contribution in [0.15, 0.2) is 12.2 Å². The van der Waals surface area contributed by atoms with E-state index >= 15 is 0 Å². The van der Waals surface area contributed by atoms with Gasteiger partial charge in [-0.05, 0) is 87.9 Å². The maximum absolute atomic E-state index is 11.4. The lowest BCUT2D eigenvalue weighted by atomic mass is 9.46. The van der Waals surface area contributed by atoms with Crippen LogP contribution in [0.1, 0.15) is 72.6 Å². The molecule has 1 aliphatic heterocycles. The molecule has 1 heterocycles. The first-order chi connectivity index (χ1) is 15.9. The molecule has 0 amide bonds. The number of ether oxygens (including phenoxy) is 2. The first-order valence-electron chi connectivity index (χ1n) is 13.4. The van der Waals surface area contributed by atoms with E-state index in [1.165, 1.54) is 0 Å². The van der Waals surface area contributed by atoms with E-state index in [9.17, 15) is 25.5 Å². The van der Waals surface area contributed by atoms with Crippen LogP contribution in [0.4, 0.5) is 0 Å². The fourth-order valence-electron chi connectivity index (χ4n) is 8.76. The van der Waals surface area contributed by atoms with E-state index in [0.29, 0.717) is 30.1 Å². The van der Waals surface area contributed by atoms with Crippen LogP contribution < -0.4 is 0 Å². The molecule has 7 nitrogen and oxygen atoms in total. The SMILES string of the molecule is CC1OC(OC2CCC3(C)C(C=CC4C3CCC3(C)C4CCC3(O)C(C)O)C2)C(O)C(O)C1O. The summed E-state index contributed by atoms with van der Waals surface area (Å²) < 4.78 is 11.8. The van der Waals surface area contributed by atoms with Crippen LogP contribution >= 0.6 is 0 Å². The summed E-state index contributed by atoms with van der Waals surface area (Å²) in [6.45, 7) is 8.03. The van der Waals surface area contributed by atoms with Gasteiger partial charge >= 0.3 is 0 Å². The third-order valence-corrected chi connectivity index (χ3v) is 11.2. The van der Waals surface area contributed by atoms with E-state index < -0.39 is 42.4 Å². The van der Waals surface area contributed by atoms with Gasteiger partial charge in [0, 0.05) is 5.41 Å². The van der Waals surface area contributed by atoms with Crippen molar-refractivity contribution in [1.29, 1.82) is 0 Å². The Morgan fingerprint density at radius 1 is 0.941 bits per heavy atom. The quantitative estimate of drug-likeness (QED) is 0.393. The summed E-state index contributed by atoms with van der Waals surface area (Å²) in [7, 11) is 0. The Morgan fingerprint density at radius 2 is 1.65 bits per heavy atom. The maximum Gasteiger partial charge on any atom is 0.186 e. The molecule has 7 heteroatoms. The Kier molecular flexibility index (Phi) is 6.28. The molecule has 5 N–H and O–H groups in total. The molecule has 0 spiro atoms. The van der Waals surface area contributed by atoms with Crippen molar-refractivity contribution in [3.63, 3.8) is 0 Å². The second-order valence-corrected chi connectivity index (χ2v) is 12.6. The zero-order chi connectivity index (χ0) is 24.6. The number of hydrogen-bond acceptors (Lipinski definition) is 7. The van der Waals surface area contributed by atoms with Crippen molar-refractivity contribution in [3.05, 3.63) is 12.2 Å². The summed E-state index contributed by atoms with van der Waals surface area (Å²) in [6, 6.07) is 0. The first-order valence-corrected chi connectivity index (χ1v) is 13.4. The summed E-state index contributed by atoms with van der Waals surface area (Å²) in [4.78, 5) is 0. The van der Waals surface area contributed by atoms with Crippen molar-refractivity contribution < 1.29 is 35.0 Å². The minimum absolute atomic E-state index is 0.0748. The highest BCUT2D eigenvalue weighted by Crippen LogP contribution is 2.67. The zero-order valence-electron chi connectivity index (χ0n) is 21.0. The summed E-state index contributed by atoms with van der Waals surface area (Å²) in [5.41, 5.74) is -1.11. The van der Waals surface area contributed by atoms with E-state index in [2.05, 4.69) is 26.0 Å². The summed E-state index contributed by atoms with van der Waals surface area (Å²) >= 11 is 0. The molecule has 4 fully saturated rings. The van der Waals surface area contributed by atoms with Gasteiger partial charge in [0.2, 0.25) is 0 Å². The number of fused-ring (bicyclic) bond motifs is 5.